The molecule has 1 nitrogen and oxygen atoms in total. The van der Waals surface area contributed by atoms with Crippen LogP contribution >= 0.6 is 11.3 Å². The van der Waals surface area contributed by atoms with E-state index in [0.29, 0.717) is 5.92 Å². The molecule has 2 heteroatoms. The standard InChI is InChI=1S/C11H19NS/c1-4-9(3)11-8-13-7-10(11)6-12-5-2/h7-9,12H,4-6H2,1-3H3. The molecule has 1 rings (SSSR count). The van der Waals surface area contributed by atoms with E-state index in [-0.39, 0.29) is 0 Å². The van der Waals surface area contributed by atoms with Crippen LogP contribution in [0.1, 0.15) is 44.2 Å². The van der Waals surface area contributed by atoms with Crippen LogP contribution in [0.4, 0.5) is 0 Å². The summed E-state index contributed by atoms with van der Waals surface area (Å²) in [5.74, 6) is 0.708. The molecule has 13 heavy (non-hydrogen) atoms. The quantitative estimate of drug-likeness (QED) is 0.763. The van der Waals surface area contributed by atoms with Gasteiger partial charge in [-0.05, 0) is 40.8 Å². The summed E-state index contributed by atoms with van der Waals surface area (Å²) in [6, 6.07) is 0. The van der Waals surface area contributed by atoms with Crippen molar-refractivity contribution in [1.29, 1.82) is 0 Å². The highest BCUT2D eigenvalue weighted by atomic mass is 32.1. The fraction of sp³-hybridized carbons (Fsp3) is 0.636. The van der Waals surface area contributed by atoms with E-state index < -0.39 is 0 Å². The van der Waals surface area contributed by atoms with Gasteiger partial charge >= 0.3 is 0 Å². The molecule has 0 aliphatic carbocycles. The van der Waals surface area contributed by atoms with Crippen LogP contribution in [0.2, 0.25) is 0 Å². The predicted octanol–water partition coefficient (Wildman–Crippen LogP) is 3.37. The summed E-state index contributed by atoms with van der Waals surface area (Å²) in [5, 5.41) is 7.94. The second kappa shape index (κ2) is 5.40. The molecule has 0 aromatic carbocycles. The summed E-state index contributed by atoms with van der Waals surface area (Å²) < 4.78 is 0. The molecule has 0 aliphatic rings. The van der Waals surface area contributed by atoms with Crippen LogP contribution in [0.15, 0.2) is 10.8 Å². The number of rotatable bonds is 5. The molecule has 1 aromatic rings. The second-order valence-corrected chi connectivity index (χ2v) is 4.19. The van der Waals surface area contributed by atoms with Crippen molar-refractivity contribution in [2.24, 2.45) is 0 Å². The molecular weight excluding hydrogens is 178 g/mol. The lowest BCUT2D eigenvalue weighted by Crippen LogP contribution is -2.12. The van der Waals surface area contributed by atoms with Crippen LogP contribution in [0.25, 0.3) is 0 Å². The van der Waals surface area contributed by atoms with Crippen LogP contribution in [0, 0.1) is 0 Å². The fourth-order valence-electron chi connectivity index (χ4n) is 1.39. The fourth-order valence-corrected chi connectivity index (χ4v) is 2.37. The summed E-state index contributed by atoms with van der Waals surface area (Å²) in [6.07, 6.45) is 1.23. The first kappa shape index (κ1) is 10.7. The third-order valence-corrected chi connectivity index (χ3v) is 3.30. The average Bonchev–Trinajstić information content (AvgIpc) is 2.61. The van der Waals surface area contributed by atoms with Gasteiger partial charge in [0.1, 0.15) is 0 Å². The molecule has 0 saturated carbocycles. The van der Waals surface area contributed by atoms with Crippen molar-refractivity contribution >= 4 is 11.3 Å². The minimum atomic E-state index is 0.708. The Balaban J connectivity index is 2.65. The van der Waals surface area contributed by atoms with Gasteiger partial charge in [-0.25, -0.2) is 0 Å². The molecular formula is C11H19NS. The zero-order valence-electron chi connectivity index (χ0n) is 8.76. The van der Waals surface area contributed by atoms with Crippen LogP contribution in [0.3, 0.4) is 0 Å². The Morgan fingerprint density at radius 3 is 2.77 bits per heavy atom. The normalized spacial score (nSPS) is 13.2. The molecule has 74 valence electrons. The topological polar surface area (TPSA) is 12.0 Å². The molecule has 1 heterocycles. The number of hydrogen-bond acceptors (Lipinski definition) is 2. The monoisotopic (exact) mass is 197 g/mol. The SMILES string of the molecule is CCNCc1cscc1C(C)CC. The van der Waals surface area contributed by atoms with Crippen LogP contribution < -0.4 is 5.32 Å². The number of nitrogens with one attached hydrogen (secondary N) is 1. The minimum absolute atomic E-state index is 0.708. The van der Waals surface area contributed by atoms with Crippen molar-refractivity contribution in [2.45, 2.75) is 39.7 Å². The molecule has 1 N–H and O–H groups in total. The van der Waals surface area contributed by atoms with Crippen molar-refractivity contribution in [3.05, 3.63) is 21.9 Å². The number of thiophene rings is 1. The molecule has 1 aromatic heterocycles. The molecule has 0 fully saturated rings. The second-order valence-electron chi connectivity index (χ2n) is 3.44. The molecule has 0 bridgehead atoms. The Hall–Kier alpha value is -0.340. The van der Waals surface area contributed by atoms with E-state index in [1.54, 1.807) is 0 Å². The van der Waals surface area contributed by atoms with Gasteiger partial charge in [-0.15, -0.1) is 0 Å². The van der Waals surface area contributed by atoms with Gasteiger partial charge < -0.3 is 5.32 Å². The molecule has 1 atom stereocenters. The molecule has 1 unspecified atom stereocenters. The zero-order valence-corrected chi connectivity index (χ0v) is 9.58. The Morgan fingerprint density at radius 1 is 1.38 bits per heavy atom. The summed E-state index contributed by atoms with van der Waals surface area (Å²) in [5.41, 5.74) is 3.02. The Kier molecular flexibility index (Phi) is 4.46. The van der Waals surface area contributed by atoms with Crippen molar-refractivity contribution in [2.75, 3.05) is 6.54 Å². The van der Waals surface area contributed by atoms with E-state index >= 15 is 0 Å². The van der Waals surface area contributed by atoms with E-state index in [2.05, 4.69) is 36.8 Å². The average molecular weight is 197 g/mol. The third kappa shape index (κ3) is 2.82. The Bertz CT molecular complexity index is 242. The lowest BCUT2D eigenvalue weighted by Gasteiger charge is -2.10. The summed E-state index contributed by atoms with van der Waals surface area (Å²) in [7, 11) is 0. The highest BCUT2D eigenvalue weighted by Gasteiger charge is 2.08. The van der Waals surface area contributed by atoms with E-state index in [4.69, 9.17) is 0 Å². The van der Waals surface area contributed by atoms with E-state index in [1.807, 2.05) is 11.3 Å². The van der Waals surface area contributed by atoms with E-state index in [0.717, 1.165) is 13.1 Å². The van der Waals surface area contributed by atoms with Gasteiger partial charge in [0.05, 0.1) is 0 Å². The van der Waals surface area contributed by atoms with Gasteiger partial charge in [0.2, 0.25) is 0 Å². The third-order valence-electron chi connectivity index (χ3n) is 2.48. The highest BCUT2D eigenvalue weighted by molar-refractivity contribution is 7.08. The van der Waals surface area contributed by atoms with Crippen molar-refractivity contribution in [3.63, 3.8) is 0 Å². The summed E-state index contributed by atoms with van der Waals surface area (Å²) in [6.45, 7) is 8.78. The maximum absolute atomic E-state index is 3.38. The molecule has 0 amide bonds. The maximum atomic E-state index is 3.38. The van der Waals surface area contributed by atoms with Crippen LogP contribution in [-0.2, 0) is 6.54 Å². The van der Waals surface area contributed by atoms with Gasteiger partial charge in [0.25, 0.3) is 0 Å². The van der Waals surface area contributed by atoms with Crippen LogP contribution in [-0.4, -0.2) is 6.54 Å². The lowest BCUT2D eigenvalue weighted by atomic mass is 9.98. The van der Waals surface area contributed by atoms with Crippen molar-refractivity contribution in [3.8, 4) is 0 Å². The Morgan fingerprint density at radius 2 is 2.15 bits per heavy atom. The zero-order chi connectivity index (χ0) is 9.68. The largest absolute Gasteiger partial charge is 0.313 e. The minimum Gasteiger partial charge on any atom is -0.313 e. The first-order chi connectivity index (χ1) is 6.29. The smallest absolute Gasteiger partial charge is 0.0216 e. The van der Waals surface area contributed by atoms with Crippen molar-refractivity contribution < 1.29 is 0 Å². The predicted molar refractivity (Wildman–Crippen MR) is 60.4 cm³/mol. The Labute approximate surface area is 85.2 Å². The lowest BCUT2D eigenvalue weighted by molar-refractivity contribution is 0.688. The van der Waals surface area contributed by atoms with Crippen molar-refractivity contribution in [1.82, 2.24) is 5.32 Å². The molecule has 0 radical (unpaired) electrons. The summed E-state index contributed by atoms with van der Waals surface area (Å²) >= 11 is 1.82. The number of hydrogen-bond donors (Lipinski definition) is 1. The van der Waals surface area contributed by atoms with Gasteiger partial charge in [0.15, 0.2) is 0 Å². The van der Waals surface area contributed by atoms with Gasteiger partial charge in [-0.2, -0.15) is 11.3 Å². The first-order valence-corrected chi connectivity index (χ1v) is 5.99. The summed E-state index contributed by atoms with van der Waals surface area (Å²) in [4.78, 5) is 0. The highest BCUT2D eigenvalue weighted by Crippen LogP contribution is 2.25. The van der Waals surface area contributed by atoms with Gasteiger partial charge in [0, 0.05) is 6.54 Å². The van der Waals surface area contributed by atoms with Gasteiger partial charge in [-0.3, -0.25) is 0 Å². The van der Waals surface area contributed by atoms with Gasteiger partial charge in [-0.1, -0.05) is 20.8 Å². The van der Waals surface area contributed by atoms with Crippen LogP contribution in [0.5, 0.6) is 0 Å². The van der Waals surface area contributed by atoms with E-state index in [1.165, 1.54) is 17.5 Å². The maximum Gasteiger partial charge on any atom is 0.0216 e. The molecule has 0 aliphatic heterocycles. The molecule has 0 spiro atoms. The molecule has 0 saturated heterocycles. The van der Waals surface area contributed by atoms with E-state index in [9.17, 15) is 0 Å². The first-order valence-electron chi connectivity index (χ1n) is 5.05.